The predicted octanol–water partition coefficient (Wildman–Crippen LogP) is 3.29. The van der Waals surface area contributed by atoms with Crippen molar-refractivity contribution in [3.63, 3.8) is 0 Å². The van der Waals surface area contributed by atoms with E-state index in [2.05, 4.69) is 29.0 Å². The van der Waals surface area contributed by atoms with E-state index in [0.29, 0.717) is 24.7 Å². The lowest BCUT2D eigenvalue weighted by Gasteiger charge is -2.27. The van der Waals surface area contributed by atoms with E-state index in [0.717, 1.165) is 43.2 Å². The van der Waals surface area contributed by atoms with Gasteiger partial charge in [-0.25, -0.2) is 4.39 Å². The molecule has 0 unspecified atom stereocenters. The molecular weight excluding hydrogens is 331 g/mol. The molecule has 0 spiro atoms. The number of hydrogen-bond donors (Lipinski definition) is 0. The fraction of sp³-hybridized carbons (Fsp3) is 0.429. The Morgan fingerprint density at radius 3 is 2.85 bits per heavy atom. The zero-order valence-electron chi connectivity index (χ0n) is 14.9. The quantitative estimate of drug-likeness (QED) is 0.844. The van der Waals surface area contributed by atoms with Crippen molar-refractivity contribution in [3.8, 4) is 11.5 Å². The number of hydrogen-bond acceptors (Lipinski definition) is 4. The van der Waals surface area contributed by atoms with E-state index in [-0.39, 0.29) is 5.82 Å². The van der Waals surface area contributed by atoms with Crippen LogP contribution in [0.2, 0.25) is 0 Å². The molecule has 0 radical (unpaired) electrons. The normalized spacial score (nSPS) is 27.8. The fourth-order valence-corrected chi connectivity index (χ4v) is 5.03. The summed E-state index contributed by atoms with van der Waals surface area (Å²) in [6.07, 6.45) is 0. The second-order valence-electron chi connectivity index (χ2n) is 7.71. The SMILES string of the molecule is CN1C[C@H]2CN(Cc3cccc4c3OCO4)C[C@H]2[C@@H]1c1cccc(F)c1. The first-order valence-corrected chi connectivity index (χ1v) is 9.24. The van der Waals surface area contributed by atoms with Crippen LogP contribution < -0.4 is 9.47 Å². The Balaban J connectivity index is 1.35. The van der Waals surface area contributed by atoms with Crippen LogP contribution in [-0.2, 0) is 6.54 Å². The molecule has 2 aromatic carbocycles. The summed E-state index contributed by atoms with van der Waals surface area (Å²) in [5.74, 6) is 2.76. The highest BCUT2D eigenvalue weighted by Crippen LogP contribution is 2.45. The summed E-state index contributed by atoms with van der Waals surface area (Å²) in [6, 6.07) is 13.5. The van der Waals surface area contributed by atoms with E-state index in [1.807, 2.05) is 18.2 Å². The highest BCUT2D eigenvalue weighted by Gasteiger charge is 2.46. The lowest BCUT2D eigenvalue weighted by atomic mass is 9.89. The van der Waals surface area contributed by atoms with Crippen molar-refractivity contribution < 1.29 is 13.9 Å². The summed E-state index contributed by atoms with van der Waals surface area (Å²) in [4.78, 5) is 4.89. The summed E-state index contributed by atoms with van der Waals surface area (Å²) < 4.78 is 24.9. The van der Waals surface area contributed by atoms with E-state index in [9.17, 15) is 4.39 Å². The standard InChI is InChI=1S/C21H23FN2O2/c1-23-9-16-11-24(10-15-5-3-7-19-21(15)26-13-25-19)12-18(16)20(23)14-4-2-6-17(22)8-14/h2-8,16,18,20H,9-13H2,1H3/t16-,18+,20-/m0/s1. The van der Waals surface area contributed by atoms with Crippen molar-refractivity contribution in [1.29, 1.82) is 0 Å². The zero-order valence-corrected chi connectivity index (χ0v) is 14.9. The molecule has 2 fully saturated rings. The maximum Gasteiger partial charge on any atom is 0.231 e. The van der Waals surface area contributed by atoms with Crippen molar-refractivity contribution in [3.05, 3.63) is 59.4 Å². The molecule has 3 aliphatic heterocycles. The Bertz CT molecular complexity index is 827. The van der Waals surface area contributed by atoms with Crippen LogP contribution in [0.15, 0.2) is 42.5 Å². The molecule has 0 amide bonds. The largest absolute Gasteiger partial charge is 0.454 e. The van der Waals surface area contributed by atoms with Crippen LogP contribution in [0.1, 0.15) is 17.2 Å². The summed E-state index contributed by atoms with van der Waals surface area (Å²) in [7, 11) is 2.16. The Kier molecular flexibility index (Phi) is 3.87. The molecule has 5 rings (SSSR count). The van der Waals surface area contributed by atoms with Crippen LogP contribution in [0.4, 0.5) is 4.39 Å². The van der Waals surface area contributed by atoms with Crippen LogP contribution in [0, 0.1) is 17.7 Å². The Labute approximate surface area is 153 Å². The van der Waals surface area contributed by atoms with Gasteiger partial charge in [-0.2, -0.15) is 0 Å². The Morgan fingerprint density at radius 1 is 1.08 bits per heavy atom. The first-order valence-electron chi connectivity index (χ1n) is 9.24. The Morgan fingerprint density at radius 2 is 1.96 bits per heavy atom. The lowest BCUT2D eigenvalue weighted by Crippen LogP contribution is -2.29. The van der Waals surface area contributed by atoms with Gasteiger partial charge in [0.15, 0.2) is 11.5 Å². The van der Waals surface area contributed by atoms with Gasteiger partial charge in [-0.05, 0) is 42.6 Å². The van der Waals surface area contributed by atoms with Gasteiger partial charge in [0.2, 0.25) is 6.79 Å². The number of ether oxygens (including phenoxy) is 2. The van der Waals surface area contributed by atoms with Gasteiger partial charge in [0.25, 0.3) is 0 Å². The minimum Gasteiger partial charge on any atom is -0.454 e. The van der Waals surface area contributed by atoms with E-state index >= 15 is 0 Å². The van der Waals surface area contributed by atoms with Gasteiger partial charge in [0.1, 0.15) is 5.82 Å². The average molecular weight is 354 g/mol. The maximum atomic E-state index is 13.7. The van der Waals surface area contributed by atoms with E-state index in [1.165, 1.54) is 11.6 Å². The molecule has 0 aliphatic carbocycles. The molecule has 2 saturated heterocycles. The number of para-hydroxylation sites is 1. The molecule has 0 aromatic heterocycles. The third-order valence-corrected chi connectivity index (χ3v) is 6.03. The van der Waals surface area contributed by atoms with Gasteiger partial charge in [-0.15, -0.1) is 0 Å². The predicted molar refractivity (Wildman–Crippen MR) is 96.6 cm³/mol. The highest BCUT2D eigenvalue weighted by molar-refractivity contribution is 5.48. The molecule has 0 saturated carbocycles. The monoisotopic (exact) mass is 354 g/mol. The molecular formula is C21H23FN2O2. The molecule has 0 N–H and O–H groups in total. The van der Waals surface area contributed by atoms with Crippen LogP contribution >= 0.6 is 0 Å². The van der Waals surface area contributed by atoms with Gasteiger partial charge >= 0.3 is 0 Å². The molecule has 2 aromatic rings. The zero-order chi connectivity index (χ0) is 17.7. The molecule has 3 atom stereocenters. The van der Waals surface area contributed by atoms with Gasteiger partial charge in [-0.3, -0.25) is 9.80 Å². The second kappa shape index (κ2) is 6.25. The topological polar surface area (TPSA) is 24.9 Å². The second-order valence-corrected chi connectivity index (χ2v) is 7.71. The number of halogens is 1. The van der Waals surface area contributed by atoms with Gasteiger partial charge in [0.05, 0.1) is 0 Å². The number of nitrogens with zero attached hydrogens (tertiary/aromatic N) is 2. The maximum absolute atomic E-state index is 13.7. The van der Waals surface area contributed by atoms with Gasteiger partial charge in [-0.1, -0.05) is 24.3 Å². The minimum atomic E-state index is -0.147. The average Bonchev–Trinajstić information content (AvgIpc) is 3.29. The molecule has 3 aliphatic rings. The fourth-order valence-electron chi connectivity index (χ4n) is 5.03. The van der Waals surface area contributed by atoms with Crippen LogP contribution in [0.25, 0.3) is 0 Å². The number of benzene rings is 2. The smallest absolute Gasteiger partial charge is 0.231 e. The van der Waals surface area contributed by atoms with Crippen molar-refractivity contribution in [2.75, 3.05) is 33.5 Å². The van der Waals surface area contributed by atoms with Crippen LogP contribution in [-0.4, -0.2) is 43.3 Å². The van der Waals surface area contributed by atoms with Crippen molar-refractivity contribution >= 4 is 0 Å². The van der Waals surface area contributed by atoms with Gasteiger partial charge in [0, 0.05) is 37.8 Å². The van der Waals surface area contributed by atoms with Crippen molar-refractivity contribution in [1.82, 2.24) is 9.80 Å². The number of likely N-dealkylation sites (tertiary alicyclic amines) is 2. The molecule has 26 heavy (non-hydrogen) atoms. The summed E-state index contributed by atoms with van der Waals surface area (Å²) in [5.41, 5.74) is 2.29. The van der Waals surface area contributed by atoms with E-state index in [4.69, 9.17) is 9.47 Å². The summed E-state index contributed by atoms with van der Waals surface area (Å²) >= 11 is 0. The Hall–Kier alpha value is -2.11. The first kappa shape index (κ1) is 16.1. The van der Waals surface area contributed by atoms with Crippen LogP contribution in [0.5, 0.6) is 11.5 Å². The van der Waals surface area contributed by atoms with Gasteiger partial charge < -0.3 is 9.47 Å². The van der Waals surface area contributed by atoms with Crippen LogP contribution in [0.3, 0.4) is 0 Å². The van der Waals surface area contributed by atoms with Crippen molar-refractivity contribution in [2.45, 2.75) is 12.6 Å². The molecule has 5 heteroatoms. The number of fused-ring (bicyclic) bond motifs is 2. The third-order valence-electron chi connectivity index (χ3n) is 6.03. The molecule has 0 bridgehead atoms. The third kappa shape index (κ3) is 2.66. The van der Waals surface area contributed by atoms with E-state index < -0.39 is 0 Å². The summed E-state index contributed by atoms with van der Waals surface area (Å²) in [6.45, 7) is 4.35. The summed E-state index contributed by atoms with van der Waals surface area (Å²) in [5, 5.41) is 0. The van der Waals surface area contributed by atoms with Crippen molar-refractivity contribution in [2.24, 2.45) is 11.8 Å². The highest BCUT2D eigenvalue weighted by atomic mass is 19.1. The van der Waals surface area contributed by atoms with E-state index in [1.54, 1.807) is 6.07 Å². The molecule has 136 valence electrons. The first-order chi connectivity index (χ1) is 12.7. The minimum absolute atomic E-state index is 0.147. The molecule has 3 heterocycles. The molecule has 4 nitrogen and oxygen atoms in total. The number of rotatable bonds is 3. The lowest BCUT2D eigenvalue weighted by molar-refractivity contribution is 0.171.